The lowest BCUT2D eigenvalue weighted by Crippen LogP contribution is -2.13. The summed E-state index contributed by atoms with van der Waals surface area (Å²) in [4.78, 5) is 4.69. The second-order valence-corrected chi connectivity index (χ2v) is 1.32. The van der Waals surface area contributed by atoms with Crippen molar-refractivity contribution in [3.63, 3.8) is 0 Å². The molecule has 0 aromatic rings. The lowest BCUT2D eigenvalue weighted by Gasteiger charge is -1.99. The molecule has 3 heteroatoms. The van der Waals surface area contributed by atoms with Gasteiger partial charge in [0.1, 0.15) is 6.10 Å². The van der Waals surface area contributed by atoms with Gasteiger partial charge in [-0.1, -0.05) is 0 Å². The normalized spacial score (nSPS) is 27.9. The van der Waals surface area contributed by atoms with Gasteiger partial charge in [-0.05, 0) is 6.08 Å². The van der Waals surface area contributed by atoms with Crippen molar-refractivity contribution in [2.24, 2.45) is 0 Å². The molecule has 0 spiro atoms. The van der Waals surface area contributed by atoms with Gasteiger partial charge in [0, 0.05) is 6.20 Å². The Kier molecular flexibility index (Phi) is 1.29. The van der Waals surface area contributed by atoms with E-state index in [4.69, 9.17) is 9.94 Å². The monoisotopic (exact) mass is 101 g/mol. The Bertz CT molecular complexity index is 81.8. The summed E-state index contributed by atoms with van der Waals surface area (Å²) < 4.78 is 0. The molecule has 1 heterocycles. The predicted octanol–water partition coefficient (Wildman–Crippen LogP) is -0.604. The smallest absolute Gasteiger partial charge is 0.128 e. The standard InChI is InChI=1S/C4H7NO2/c6-3-4-1-2-5-7-4/h1-2,4-6H,3H2. The molecule has 0 aromatic carbocycles. The van der Waals surface area contributed by atoms with Crippen LogP contribution < -0.4 is 5.48 Å². The van der Waals surface area contributed by atoms with E-state index >= 15 is 0 Å². The minimum atomic E-state index is -0.139. The van der Waals surface area contributed by atoms with Crippen molar-refractivity contribution in [1.29, 1.82) is 0 Å². The predicted molar refractivity (Wildman–Crippen MR) is 24.2 cm³/mol. The van der Waals surface area contributed by atoms with Gasteiger partial charge in [0.15, 0.2) is 0 Å². The van der Waals surface area contributed by atoms with Crippen molar-refractivity contribution < 1.29 is 9.94 Å². The summed E-state index contributed by atoms with van der Waals surface area (Å²) in [7, 11) is 0. The molecule has 0 saturated heterocycles. The van der Waals surface area contributed by atoms with E-state index < -0.39 is 0 Å². The Morgan fingerprint density at radius 3 is 3.00 bits per heavy atom. The summed E-state index contributed by atoms with van der Waals surface area (Å²) in [6.45, 7) is 0.0451. The van der Waals surface area contributed by atoms with E-state index in [0.29, 0.717) is 0 Å². The summed E-state index contributed by atoms with van der Waals surface area (Å²) in [5.41, 5.74) is 2.48. The summed E-state index contributed by atoms with van der Waals surface area (Å²) in [5, 5.41) is 8.35. The van der Waals surface area contributed by atoms with Crippen molar-refractivity contribution in [1.82, 2.24) is 5.48 Å². The van der Waals surface area contributed by atoms with E-state index in [1.165, 1.54) is 0 Å². The number of hydroxylamine groups is 1. The lowest BCUT2D eigenvalue weighted by atomic mass is 10.4. The summed E-state index contributed by atoms with van der Waals surface area (Å²) in [6, 6.07) is 0. The molecule has 0 saturated carbocycles. The molecule has 2 N–H and O–H groups in total. The van der Waals surface area contributed by atoms with Crippen LogP contribution in [0.5, 0.6) is 0 Å². The quantitative estimate of drug-likeness (QED) is 0.463. The second kappa shape index (κ2) is 1.95. The maximum atomic E-state index is 8.35. The molecule has 1 atom stereocenters. The average molecular weight is 101 g/mol. The largest absolute Gasteiger partial charge is 0.393 e. The molecule has 40 valence electrons. The van der Waals surface area contributed by atoms with Gasteiger partial charge >= 0.3 is 0 Å². The van der Waals surface area contributed by atoms with Crippen molar-refractivity contribution in [2.75, 3.05) is 6.61 Å². The number of rotatable bonds is 1. The summed E-state index contributed by atoms with van der Waals surface area (Å²) in [6.07, 6.45) is 3.26. The van der Waals surface area contributed by atoms with Gasteiger partial charge < -0.3 is 5.11 Å². The number of nitrogens with one attached hydrogen (secondary N) is 1. The van der Waals surface area contributed by atoms with E-state index in [9.17, 15) is 0 Å². The van der Waals surface area contributed by atoms with E-state index in [1.54, 1.807) is 12.3 Å². The van der Waals surface area contributed by atoms with Gasteiger partial charge in [0.25, 0.3) is 0 Å². The SMILES string of the molecule is OCC1C=CNO1. The van der Waals surface area contributed by atoms with Crippen LogP contribution in [-0.4, -0.2) is 17.8 Å². The van der Waals surface area contributed by atoms with Crippen LogP contribution in [0.1, 0.15) is 0 Å². The summed E-state index contributed by atoms with van der Waals surface area (Å²) >= 11 is 0. The molecular formula is C4H7NO2. The van der Waals surface area contributed by atoms with Crippen LogP contribution in [0.4, 0.5) is 0 Å². The Morgan fingerprint density at radius 2 is 2.71 bits per heavy atom. The number of aliphatic hydroxyl groups excluding tert-OH is 1. The maximum absolute atomic E-state index is 8.35. The Morgan fingerprint density at radius 1 is 1.86 bits per heavy atom. The highest BCUT2D eigenvalue weighted by atomic mass is 16.7. The third-order valence-corrected chi connectivity index (χ3v) is 0.778. The first-order valence-corrected chi connectivity index (χ1v) is 2.12. The minimum Gasteiger partial charge on any atom is -0.393 e. The average Bonchev–Trinajstić information content (AvgIpc) is 2.14. The van der Waals surface area contributed by atoms with Crippen molar-refractivity contribution >= 4 is 0 Å². The molecule has 1 aliphatic rings. The highest BCUT2D eigenvalue weighted by Crippen LogP contribution is 1.94. The Balaban J connectivity index is 2.28. The fourth-order valence-corrected chi connectivity index (χ4v) is 0.411. The fraction of sp³-hybridized carbons (Fsp3) is 0.500. The molecule has 0 aliphatic carbocycles. The highest BCUT2D eigenvalue weighted by Gasteiger charge is 2.05. The van der Waals surface area contributed by atoms with Crippen LogP contribution in [0.2, 0.25) is 0 Å². The zero-order chi connectivity index (χ0) is 5.11. The molecular weight excluding hydrogens is 94.0 g/mol. The zero-order valence-corrected chi connectivity index (χ0v) is 3.79. The van der Waals surface area contributed by atoms with Crippen LogP contribution in [0.3, 0.4) is 0 Å². The van der Waals surface area contributed by atoms with Crippen LogP contribution in [0.15, 0.2) is 12.3 Å². The molecule has 1 unspecified atom stereocenters. The molecule has 1 rings (SSSR count). The van der Waals surface area contributed by atoms with E-state index in [0.717, 1.165) is 0 Å². The number of hydrogen-bond acceptors (Lipinski definition) is 3. The maximum Gasteiger partial charge on any atom is 0.128 e. The molecule has 0 amide bonds. The van der Waals surface area contributed by atoms with Crippen LogP contribution >= 0.6 is 0 Å². The molecule has 0 radical (unpaired) electrons. The van der Waals surface area contributed by atoms with Crippen LogP contribution in [0.25, 0.3) is 0 Å². The third-order valence-electron chi connectivity index (χ3n) is 0.778. The first kappa shape index (κ1) is 4.61. The van der Waals surface area contributed by atoms with Crippen LogP contribution in [-0.2, 0) is 4.84 Å². The van der Waals surface area contributed by atoms with Gasteiger partial charge in [-0.15, -0.1) is 0 Å². The van der Waals surface area contributed by atoms with E-state index in [1.807, 2.05) is 0 Å². The van der Waals surface area contributed by atoms with Gasteiger partial charge in [0.2, 0.25) is 0 Å². The van der Waals surface area contributed by atoms with Crippen molar-refractivity contribution in [3.05, 3.63) is 12.3 Å². The third kappa shape index (κ3) is 0.913. The first-order valence-electron chi connectivity index (χ1n) is 2.12. The van der Waals surface area contributed by atoms with E-state index in [-0.39, 0.29) is 12.7 Å². The van der Waals surface area contributed by atoms with Gasteiger partial charge in [0.05, 0.1) is 6.61 Å². The summed E-state index contributed by atoms with van der Waals surface area (Å²) in [5.74, 6) is 0. The van der Waals surface area contributed by atoms with Crippen LogP contribution in [0, 0.1) is 0 Å². The molecule has 0 aromatic heterocycles. The molecule has 3 nitrogen and oxygen atoms in total. The first-order chi connectivity index (χ1) is 3.43. The molecule has 0 fully saturated rings. The Hall–Kier alpha value is -0.540. The second-order valence-electron chi connectivity index (χ2n) is 1.32. The van der Waals surface area contributed by atoms with Gasteiger partial charge in [-0.25, -0.2) is 0 Å². The number of hydrogen-bond donors (Lipinski definition) is 2. The van der Waals surface area contributed by atoms with Gasteiger partial charge in [-0.3, -0.25) is 10.3 Å². The molecule has 1 aliphatic heterocycles. The Labute approximate surface area is 41.6 Å². The van der Waals surface area contributed by atoms with Crippen molar-refractivity contribution in [2.45, 2.75) is 6.10 Å². The van der Waals surface area contributed by atoms with Crippen molar-refractivity contribution in [3.8, 4) is 0 Å². The molecule has 7 heavy (non-hydrogen) atoms. The van der Waals surface area contributed by atoms with Gasteiger partial charge in [-0.2, -0.15) is 0 Å². The minimum absolute atomic E-state index is 0.0451. The fourth-order valence-electron chi connectivity index (χ4n) is 0.411. The zero-order valence-electron chi connectivity index (χ0n) is 3.79. The number of aliphatic hydroxyl groups is 1. The molecule has 0 bridgehead atoms. The van der Waals surface area contributed by atoms with E-state index in [2.05, 4.69) is 5.48 Å². The topological polar surface area (TPSA) is 41.5 Å². The highest BCUT2D eigenvalue weighted by molar-refractivity contribution is 4.90. The lowest BCUT2D eigenvalue weighted by molar-refractivity contribution is 0.0142.